The predicted octanol–water partition coefficient (Wildman–Crippen LogP) is 2.70. The molecule has 0 saturated carbocycles. The Morgan fingerprint density at radius 1 is 1.06 bits per heavy atom. The largest absolute Gasteiger partial charge is 0.420 e. The SMILES string of the molecule is O[C@H](c1ccc(C(F)(F)F)cn1)C(F)(F)F. The fraction of sp³-hybridized carbons (Fsp3) is 0.375. The first-order valence-corrected chi connectivity index (χ1v) is 3.90. The maximum Gasteiger partial charge on any atom is 0.420 e. The summed E-state index contributed by atoms with van der Waals surface area (Å²) in [7, 11) is 0. The first-order chi connectivity index (χ1) is 7.12. The lowest BCUT2D eigenvalue weighted by molar-refractivity contribution is -0.208. The Morgan fingerprint density at radius 3 is 1.94 bits per heavy atom. The van der Waals surface area contributed by atoms with Crippen molar-refractivity contribution >= 4 is 0 Å². The van der Waals surface area contributed by atoms with Crippen molar-refractivity contribution in [2.45, 2.75) is 18.5 Å². The summed E-state index contributed by atoms with van der Waals surface area (Å²) < 4.78 is 72.0. The van der Waals surface area contributed by atoms with Gasteiger partial charge in [-0.1, -0.05) is 0 Å². The Bertz CT molecular complexity index is 354. The standard InChI is InChI=1S/C8H5F6NO/c9-7(10,11)4-1-2-5(15-3-4)6(16)8(12,13)14/h1-3,6,16H/t6-/m1/s1. The van der Waals surface area contributed by atoms with Gasteiger partial charge in [0.2, 0.25) is 0 Å². The number of pyridine rings is 1. The molecule has 90 valence electrons. The second kappa shape index (κ2) is 3.93. The van der Waals surface area contributed by atoms with Gasteiger partial charge in [0.05, 0.1) is 11.3 Å². The van der Waals surface area contributed by atoms with Crippen molar-refractivity contribution in [1.29, 1.82) is 0 Å². The van der Waals surface area contributed by atoms with Crippen LogP contribution in [0.2, 0.25) is 0 Å². The van der Waals surface area contributed by atoms with E-state index in [0.29, 0.717) is 12.1 Å². The molecule has 1 N–H and O–H groups in total. The molecule has 2 nitrogen and oxygen atoms in total. The topological polar surface area (TPSA) is 33.1 Å². The van der Waals surface area contributed by atoms with Crippen LogP contribution in [0.4, 0.5) is 26.3 Å². The van der Waals surface area contributed by atoms with Gasteiger partial charge >= 0.3 is 12.4 Å². The monoisotopic (exact) mass is 245 g/mol. The fourth-order valence-electron chi connectivity index (χ4n) is 0.902. The molecular weight excluding hydrogens is 240 g/mol. The van der Waals surface area contributed by atoms with Crippen LogP contribution in [0.5, 0.6) is 0 Å². The van der Waals surface area contributed by atoms with Gasteiger partial charge in [0.15, 0.2) is 6.10 Å². The predicted molar refractivity (Wildman–Crippen MR) is 40.3 cm³/mol. The number of hydrogen-bond acceptors (Lipinski definition) is 2. The normalized spacial score (nSPS) is 14.9. The van der Waals surface area contributed by atoms with Gasteiger partial charge in [-0.3, -0.25) is 4.98 Å². The number of rotatable bonds is 1. The van der Waals surface area contributed by atoms with E-state index >= 15 is 0 Å². The number of aromatic nitrogens is 1. The minimum absolute atomic E-state index is 0.240. The highest BCUT2D eigenvalue weighted by Crippen LogP contribution is 2.33. The van der Waals surface area contributed by atoms with Crippen LogP contribution in [-0.4, -0.2) is 16.3 Å². The number of hydrogen-bond donors (Lipinski definition) is 1. The molecule has 0 radical (unpaired) electrons. The Kier molecular flexibility index (Phi) is 3.13. The summed E-state index contributed by atoms with van der Waals surface area (Å²) in [6.07, 6.45) is -12.3. The van der Waals surface area contributed by atoms with E-state index < -0.39 is 29.7 Å². The zero-order chi connectivity index (χ0) is 12.6. The molecule has 1 atom stereocenters. The molecule has 1 aromatic heterocycles. The van der Waals surface area contributed by atoms with Crippen LogP contribution in [0.15, 0.2) is 18.3 Å². The molecule has 0 unspecified atom stereocenters. The highest BCUT2D eigenvalue weighted by molar-refractivity contribution is 5.18. The van der Waals surface area contributed by atoms with Crippen molar-refractivity contribution in [3.63, 3.8) is 0 Å². The van der Waals surface area contributed by atoms with Gasteiger partial charge in [0.25, 0.3) is 0 Å². The quantitative estimate of drug-likeness (QED) is 0.771. The number of nitrogens with zero attached hydrogens (tertiary/aromatic N) is 1. The second-order valence-corrected chi connectivity index (χ2v) is 2.91. The molecular formula is C8H5F6NO. The highest BCUT2D eigenvalue weighted by Gasteiger charge is 2.40. The lowest BCUT2D eigenvalue weighted by Crippen LogP contribution is -2.21. The third-order valence-electron chi connectivity index (χ3n) is 1.70. The molecule has 0 bridgehead atoms. The van der Waals surface area contributed by atoms with E-state index in [1.165, 1.54) is 0 Å². The lowest BCUT2D eigenvalue weighted by Gasteiger charge is -2.14. The molecule has 0 aliphatic heterocycles. The van der Waals surface area contributed by atoms with Crippen molar-refractivity contribution in [3.8, 4) is 0 Å². The van der Waals surface area contributed by atoms with E-state index in [-0.39, 0.29) is 6.20 Å². The van der Waals surface area contributed by atoms with Gasteiger partial charge in [-0.25, -0.2) is 0 Å². The van der Waals surface area contributed by atoms with Gasteiger partial charge in [0, 0.05) is 6.20 Å². The van der Waals surface area contributed by atoms with Crippen molar-refractivity contribution in [1.82, 2.24) is 4.98 Å². The number of alkyl halides is 6. The van der Waals surface area contributed by atoms with E-state index in [0.717, 1.165) is 0 Å². The summed E-state index contributed by atoms with van der Waals surface area (Å²) in [6.45, 7) is 0. The van der Waals surface area contributed by atoms with Crippen LogP contribution >= 0.6 is 0 Å². The molecule has 0 saturated heterocycles. The molecule has 0 aromatic carbocycles. The molecule has 1 rings (SSSR count). The molecule has 1 heterocycles. The van der Waals surface area contributed by atoms with Crippen LogP contribution in [0.25, 0.3) is 0 Å². The Hall–Kier alpha value is -1.31. The van der Waals surface area contributed by atoms with Gasteiger partial charge in [0.1, 0.15) is 0 Å². The summed E-state index contributed by atoms with van der Waals surface area (Å²) in [4.78, 5) is 2.92. The average molecular weight is 245 g/mol. The smallest absolute Gasteiger partial charge is 0.378 e. The van der Waals surface area contributed by atoms with Crippen molar-refractivity contribution < 1.29 is 31.4 Å². The zero-order valence-corrected chi connectivity index (χ0v) is 7.47. The number of halogens is 6. The van der Waals surface area contributed by atoms with E-state index in [9.17, 15) is 26.3 Å². The maximum absolute atomic E-state index is 12.0. The van der Waals surface area contributed by atoms with E-state index in [1.54, 1.807) is 0 Å². The third kappa shape index (κ3) is 2.84. The molecule has 8 heteroatoms. The van der Waals surface area contributed by atoms with Gasteiger partial charge in [-0.2, -0.15) is 26.3 Å². The van der Waals surface area contributed by atoms with Gasteiger partial charge in [-0.05, 0) is 12.1 Å². The summed E-state index contributed by atoms with van der Waals surface area (Å²) in [5.41, 5.74) is -2.05. The first-order valence-electron chi connectivity index (χ1n) is 3.90. The Labute approximate surface area is 85.5 Å². The van der Waals surface area contributed by atoms with Crippen LogP contribution in [0.1, 0.15) is 17.4 Å². The van der Waals surface area contributed by atoms with E-state index in [1.807, 2.05) is 0 Å². The van der Waals surface area contributed by atoms with Gasteiger partial charge < -0.3 is 5.11 Å². The van der Waals surface area contributed by atoms with Crippen LogP contribution in [0.3, 0.4) is 0 Å². The van der Waals surface area contributed by atoms with Crippen molar-refractivity contribution in [3.05, 3.63) is 29.6 Å². The molecule has 0 aliphatic carbocycles. The number of aliphatic hydroxyl groups excluding tert-OH is 1. The molecule has 0 amide bonds. The number of aliphatic hydroxyl groups is 1. The van der Waals surface area contributed by atoms with Crippen molar-refractivity contribution in [2.24, 2.45) is 0 Å². The fourth-order valence-corrected chi connectivity index (χ4v) is 0.902. The van der Waals surface area contributed by atoms with Crippen LogP contribution in [-0.2, 0) is 6.18 Å². The van der Waals surface area contributed by atoms with Crippen LogP contribution < -0.4 is 0 Å². The maximum atomic E-state index is 12.0. The van der Waals surface area contributed by atoms with Gasteiger partial charge in [-0.15, -0.1) is 0 Å². The second-order valence-electron chi connectivity index (χ2n) is 2.91. The molecule has 0 aliphatic rings. The molecule has 0 fully saturated rings. The molecule has 1 aromatic rings. The lowest BCUT2D eigenvalue weighted by atomic mass is 10.2. The minimum Gasteiger partial charge on any atom is -0.378 e. The van der Waals surface area contributed by atoms with Crippen molar-refractivity contribution in [2.75, 3.05) is 0 Å². The summed E-state index contributed by atoms with van der Waals surface area (Å²) >= 11 is 0. The van der Waals surface area contributed by atoms with E-state index in [2.05, 4.69) is 4.98 Å². The summed E-state index contributed by atoms with van der Waals surface area (Å²) in [6, 6.07) is 0.915. The zero-order valence-electron chi connectivity index (χ0n) is 7.47. The molecule has 16 heavy (non-hydrogen) atoms. The molecule has 0 spiro atoms. The minimum atomic E-state index is -4.95. The van der Waals surface area contributed by atoms with E-state index in [4.69, 9.17) is 5.11 Å². The first kappa shape index (κ1) is 12.8. The Balaban J connectivity index is 2.96. The highest BCUT2D eigenvalue weighted by atomic mass is 19.4. The summed E-state index contributed by atoms with van der Waals surface area (Å²) in [5.74, 6) is 0. The summed E-state index contributed by atoms with van der Waals surface area (Å²) in [5, 5.41) is 8.68. The van der Waals surface area contributed by atoms with Crippen LogP contribution in [0, 0.1) is 0 Å². The average Bonchev–Trinajstić information content (AvgIpc) is 2.14. The Morgan fingerprint density at radius 2 is 1.62 bits per heavy atom. The third-order valence-corrected chi connectivity index (χ3v) is 1.70.